The first-order valence-electron chi connectivity index (χ1n) is 3.66. The summed E-state index contributed by atoms with van der Waals surface area (Å²) in [5, 5.41) is 0. The van der Waals surface area contributed by atoms with Crippen LogP contribution in [0.2, 0.25) is 0 Å². The molecule has 1 aromatic rings. The topological polar surface area (TPSA) is 0 Å². The van der Waals surface area contributed by atoms with Gasteiger partial charge >= 0.3 is 0 Å². The van der Waals surface area contributed by atoms with Crippen molar-refractivity contribution in [1.82, 2.24) is 0 Å². The minimum atomic E-state index is 0.878. The van der Waals surface area contributed by atoms with Crippen molar-refractivity contribution in [2.75, 3.05) is 17.8 Å². The zero-order valence-electron chi connectivity index (χ0n) is 7.10. The van der Waals surface area contributed by atoms with Gasteiger partial charge in [0.1, 0.15) is 0 Å². The number of hydrogen-bond donors (Lipinski definition) is 2. The summed E-state index contributed by atoms with van der Waals surface area (Å²) in [6.07, 6.45) is 2.08. The van der Waals surface area contributed by atoms with E-state index in [0.29, 0.717) is 0 Å². The summed E-state index contributed by atoms with van der Waals surface area (Å²) in [5.41, 5.74) is 0. The normalized spacial score (nSPS) is 8.58. The van der Waals surface area contributed by atoms with Gasteiger partial charge in [0.05, 0.1) is 0 Å². The molecular weight excluding hydrogens is 204 g/mol. The fourth-order valence-electron chi connectivity index (χ4n) is 0.557. The van der Waals surface area contributed by atoms with Crippen LogP contribution in [0.4, 0.5) is 0 Å². The second kappa shape index (κ2) is 9.36. The zero-order valence-corrected chi connectivity index (χ0v) is 9.71. The largest absolute Gasteiger partial charge is 0.179 e. The van der Waals surface area contributed by atoms with E-state index in [1.54, 1.807) is 11.8 Å². The van der Waals surface area contributed by atoms with Crippen molar-refractivity contribution in [1.29, 1.82) is 0 Å². The molecule has 12 heavy (non-hydrogen) atoms. The van der Waals surface area contributed by atoms with Crippen molar-refractivity contribution in [3.8, 4) is 0 Å². The van der Waals surface area contributed by atoms with Gasteiger partial charge in [-0.05, 0) is 29.9 Å². The van der Waals surface area contributed by atoms with Gasteiger partial charge in [-0.15, -0.1) is 11.8 Å². The summed E-state index contributed by atoms with van der Waals surface area (Å²) >= 11 is 9.46. The maximum atomic E-state index is 3.84. The van der Waals surface area contributed by atoms with Crippen LogP contribution in [0.3, 0.4) is 0 Å². The molecule has 0 bridgehead atoms. The third-order valence-corrected chi connectivity index (χ3v) is 2.62. The Balaban J connectivity index is 0.000000261. The predicted molar refractivity (Wildman–Crippen MR) is 65.9 cm³/mol. The molecule has 0 aliphatic heterocycles. The second-order valence-electron chi connectivity index (χ2n) is 1.96. The molecule has 0 nitrogen and oxygen atoms in total. The molecule has 0 aromatic heterocycles. The molecule has 1 rings (SSSR count). The lowest BCUT2D eigenvalue weighted by atomic mass is 10.4. The van der Waals surface area contributed by atoms with Crippen LogP contribution >= 0.6 is 37.0 Å². The minimum absolute atomic E-state index is 0.878. The molecule has 0 radical (unpaired) electrons. The standard InChI is InChI=1S/C7H8S.C2H6S2/c1-8-7-5-3-2-4-6-7;3-1-2-4/h2-6H,1H3;3-4H,1-2H2. The average molecular weight is 218 g/mol. The van der Waals surface area contributed by atoms with Gasteiger partial charge in [0.2, 0.25) is 0 Å². The molecule has 1 aromatic carbocycles. The molecule has 0 amide bonds. The highest BCUT2D eigenvalue weighted by Gasteiger charge is 1.80. The van der Waals surface area contributed by atoms with Crippen LogP contribution in [0.5, 0.6) is 0 Å². The first-order valence-corrected chi connectivity index (χ1v) is 6.15. The number of rotatable bonds is 2. The number of thioether (sulfide) groups is 1. The Morgan fingerprint density at radius 2 is 1.58 bits per heavy atom. The van der Waals surface area contributed by atoms with E-state index in [1.165, 1.54) is 4.90 Å². The van der Waals surface area contributed by atoms with Crippen LogP contribution in [0, 0.1) is 0 Å². The van der Waals surface area contributed by atoms with Crippen LogP contribution in [-0.2, 0) is 0 Å². The summed E-state index contributed by atoms with van der Waals surface area (Å²) in [6, 6.07) is 10.3. The molecule has 0 heterocycles. The molecule has 0 aliphatic rings. The van der Waals surface area contributed by atoms with E-state index in [0.717, 1.165) is 11.5 Å². The van der Waals surface area contributed by atoms with Gasteiger partial charge in [0.15, 0.2) is 0 Å². The smallest absolute Gasteiger partial charge is 0.00691 e. The van der Waals surface area contributed by atoms with E-state index in [-0.39, 0.29) is 0 Å². The third-order valence-electron chi connectivity index (χ3n) is 1.08. The predicted octanol–water partition coefficient (Wildman–Crippen LogP) is 3.25. The fraction of sp³-hybridized carbons (Fsp3) is 0.333. The summed E-state index contributed by atoms with van der Waals surface area (Å²) in [7, 11) is 0. The van der Waals surface area contributed by atoms with E-state index in [4.69, 9.17) is 0 Å². The van der Waals surface area contributed by atoms with Gasteiger partial charge in [-0.1, -0.05) is 18.2 Å². The van der Waals surface area contributed by atoms with Crippen LogP contribution < -0.4 is 0 Å². The van der Waals surface area contributed by atoms with Crippen LogP contribution in [0.1, 0.15) is 0 Å². The Morgan fingerprint density at radius 3 is 1.83 bits per heavy atom. The van der Waals surface area contributed by atoms with Gasteiger partial charge in [-0.2, -0.15) is 25.3 Å². The van der Waals surface area contributed by atoms with Crippen LogP contribution in [-0.4, -0.2) is 17.8 Å². The molecule has 0 aliphatic carbocycles. The highest BCUT2D eigenvalue weighted by molar-refractivity contribution is 7.98. The first-order chi connectivity index (χ1) is 5.85. The van der Waals surface area contributed by atoms with E-state index >= 15 is 0 Å². The zero-order chi connectivity index (χ0) is 9.23. The van der Waals surface area contributed by atoms with Gasteiger partial charge < -0.3 is 0 Å². The molecule has 0 fully saturated rings. The van der Waals surface area contributed by atoms with Crippen LogP contribution in [0.15, 0.2) is 35.2 Å². The number of thiol groups is 2. The molecule has 0 N–H and O–H groups in total. The molecule has 0 saturated carbocycles. The Bertz CT molecular complexity index is 172. The van der Waals surface area contributed by atoms with E-state index in [1.807, 2.05) is 18.2 Å². The summed E-state index contributed by atoms with van der Waals surface area (Å²) < 4.78 is 0. The summed E-state index contributed by atoms with van der Waals surface area (Å²) in [4.78, 5) is 1.33. The molecular formula is C9H14S3. The van der Waals surface area contributed by atoms with Gasteiger partial charge in [0.25, 0.3) is 0 Å². The highest BCUT2D eigenvalue weighted by atomic mass is 32.2. The lowest BCUT2D eigenvalue weighted by molar-refractivity contribution is 1.47. The maximum Gasteiger partial charge on any atom is 0.00691 e. The fourth-order valence-corrected chi connectivity index (χ4v) is 0.986. The maximum absolute atomic E-state index is 3.84. The van der Waals surface area contributed by atoms with Crippen molar-refractivity contribution in [3.63, 3.8) is 0 Å². The van der Waals surface area contributed by atoms with Crippen molar-refractivity contribution in [2.24, 2.45) is 0 Å². The first kappa shape index (κ1) is 12.3. The van der Waals surface area contributed by atoms with E-state index in [2.05, 4.69) is 43.6 Å². The second-order valence-corrected chi connectivity index (χ2v) is 3.74. The Morgan fingerprint density at radius 1 is 1.08 bits per heavy atom. The van der Waals surface area contributed by atoms with E-state index < -0.39 is 0 Å². The molecule has 0 atom stereocenters. The quantitative estimate of drug-likeness (QED) is 0.567. The van der Waals surface area contributed by atoms with Crippen molar-refractivity contribution >= 4 is 37.0 Å². The van der Waals surface area contributed by atoms with Gasteiger partial charge in [0, 0.05) is 4.90 Å². The van der Waals surface area contributed by atoms with Crippen molar-refractivity contribution < 1.29 is 0 Å². The lowest BCUT2D eigenvalue weighted by Crippen LogP contribution is -1.64. The van der Waals surface area contributed by atoms with E-state index in [9.17, 15) is 0 Å². The Hall–Kier alpha value is 0.270. The van der Waals surface area contributed by atoms with Crippen molar-refractivity contribution in [3.05, 3.63) is 30.3 Å². The number of benzene rings is 1. The molecule has 0 unspecified atom stereocenters. The molecule has 0 spiro atoms. The monoisotopic (exact) mass is 218 g/mol. The SMILES string of the molecule is CSc1ccccc1.SCCS. The third kappa shape index (κ3) is 6.95. The lowest BCUT2D eigenvalue weighted by Gasteiger charge is -1.89. The Labute approximate surface area is 90.0 Å². The molecule has 68 valence electrons. The van der Waals surface area contributed by atoms with Gasteiger partial charge in [-0.3, -0.25) is 0 Å². The number of hydrogen-bond acceptors (Lipinski definition) is 3. The highest BCUT2D eigenvalue weighted by Crippen LogP contribution is 2.11. The Kier molecular flexibility index (Phi) is 9.57. The summed E-state index contributed by atoms with van der Waals surface area (Å²) in [6.45, 7) is 0. The average Bonchev–Trinajstić information content (AvgIpc) is 2.19. The molecule has 3 heteroatoms. The van der Waals surface area contributed by atoms with Gasteiger partial charge in [-0.25, -0.2) is 0 Å². The molecule has 0 saturated heterocycles. The van der Waals surface area contributed by atoms with Crippen molar-refractivity contribution in [2.45, 2.75) is 4.90 Å². The minimum Gasteiger partial charge on any atom is -0.179 e. The van der Waals surface area contributed by atoms with Crippen LogP contribution in [0.25, 0.3) is 0 Å². The summed E-state index contributed by atoms with van der Waals surface area (Å²) in [5.74, 6) is 1.76.